The Morgan fingerprint density at radius 3 is 2.60 bits per heavy atom. The van der Waals surface area contributed by atoms with Crippen LogP contribution in [0.5, 0.6) is 11.5 Å². The van der Waals surface area contributed by atoms with E-state index in [1.807, 2.05) is 0 Å². The summed E-state index contributed by atoms with van der Waals surface area (Å²) in [6.45, 7) is -3.81. The van der Waals surface area contributed by atoms with Gasteiger partial charge in [-0.15, -0.1) is 13.2 Å². The number of fused-ring (bicyclic) bond motifs is 1. The molecule has 2 heterocycles. The summed E-state index contributed by atoms with van der Waals surface area (Å²) in [5, 5.41) is 0. The van der Waals surface area contributed by atoms with Crippen LogP contribution >= 0.6 is 0 Å². The minimum absolute atomic E-state index is 0.0106. The number of carbonyl (C=O) groups is 1. The first-order valence-corrected chi connectivity index (χ1v) is 10.5. The Balaban J connectivity index is 1.50. The van der Waals surface area contributed by atoms with Gasteiger partial charge in [-0.1, -0.05) is 0 Å². The van der Waals surface area contributed by atoms with Crippen LogP contribution < -0.4 is 9.47 Å². The maximum Gasteiger partial charge on any atom is 0.522 e. The molecule has 2 atom stereocenters. The number of hydrogen-bond donors (Lipinski definition) is 0. The molecule has 2 aromatic rings. The number of ether oxygens (including phenoxy) is 5. The van der Waals surface area contributed by atoms with Crippen molar-refractivity contribution in [1.82, 2.24) is 4.90 Å². The van der Waals surface area contributed by atoms with Gasteiger partial charge in [0.15, 0.2) is 11.5 Å². The summed E-state index contributed by atoms with van der Waals surface area (Å²) >= 11 is 0. The molecule has 0 aliphatic carbocycles. The number of alkyl halides is 3. The third-order valence-electron chi connectivity index (χ3n) is 5.73. The highest BCUT2D eigenvalue weighted by molar-refractivity contribution is 5.95. The van der Waals surface area contributed by atoms with Crippen LogP contribution in [-0.2, 0) is 19.8 Å². The topological polar surface area (TPSA) is 66.5 Å². The third kappa shape index (κ3) is 5.49. The van der Waals surface area contributed by atoms with Crippen molar-refractivity contribution in [2.45, 2.75) is 24.5 Å². The number of carbonyl (C=O) groups excluding carboxylic acids is 1. The molecule has 0 spiro atoms. The first kappa shape index (κ1) is 22.5. The molecule has 2 saturated heterocycles. The zero-order chi connectivity index (χ0) is 27.0. The van der Waals surface area contributed by atoms with Gasteiger partial charge in [-0.25, -0.2) is 8.78 Å². The van der Waals surface area contributed by atoms with Crippen molar-refractivity contribution in [3.05, 3.63) is 59.2 Å². The molecule has 190 valence electrons. The van der Waals surface area contributed by atoms with E-state index in [-0.39, 0.29) is 42.1 Å². The molecular formula is C23H22F5NO6. The Morgan fingerprint density at radius 2 is 1.91 bits per heavy atom. The Morgan fingerprint density at radius 1 is 1.17 bits per heavy atom. The Labute approximate surface area is 200 Å². The van der Waals surface area contributed by atoms with Crippen molar-refractivity contribution in [3.8, 4) is 11.5 Å². The van der Waals surface area contributed by atoms with E-state index < -0.39 is 55.6 Å². The molecule has 0 saturated carbocycles. The molecule has 2 aliphatic rings. The van der Waals surface area contributed by atoms with Gasteiger partial charge in [0.2, 0.25) is 0 Å². The summed E-state index contributed by atoms with van der Waals surface area (Å²) in [7, 11) is 1.29. The fourth-order valence-electron chi connectivity index (χ4n) is 4.09. The van der Waals surface area contributed by atoms with Gasteiger partial charge in [0.05, 0.1) is 23.0 Å². The molecule has 1 amide bonds. The number of piperidine rings is 1. The van der Waals surface area contributed by atoms with Crippen LogP contribution in [0, 0.1) is 11.6 Å². The zero-order valence-corrected chi connectivity index (χ0v) is 18.4. The highest BCUT2D eigenvalue weighted by Crippen LogP contribution is 2.43. The lowest BCUT2D eigenvalue weighted by atomic mass is 9.82. The first-order valence-electron chi connectivity index (χ1n) is 11.5. The SMILES string of the molecule is [2H]C1([2H])O[C@@H]2CN(C(=O)c3ccc(OCCOC(F)(F)F)c(OC)c3)CC[C@]2(c2cc(F)cc(F)c2)O1. The normalized spacial score (nSPS) is 24.4. The van der Waals surface area contributed by atoms with Crippen molar-refractivity contribution in [3.63, 3.8) is 0 Å². The van der Waals surface area contributed by atoms with E-state index in [1.54, 1.807) is 0 Å². The van der Waals surface area contributed by atoms with Gasteiger partial charge in [0.1, 0.15) is 36.7 Å². The lowest BCUT2D eigenvalue weighted by Gasteiger charge is -2.42. The van der Waals surface area contributed by atoms with Crippen LogP contribution in [0.2, 0.25) is 0 Å². The summed E-state index contributed by atoms with van der Waals surface area (Å²) in [6, 6.07) is 6.86. The maximum absolute atomic E-state index is 13.9. The molecule has 2 aromatic carbocycles. The van der Waals surface area contributed by atoms with Gasteiger partial charge in [-0.05, 0) is 35.9 Å². The molecule has 0 radical (unpaired) electrons. The quantitative estimate of drug-likeness (QED) is 0.419. The van der Waals surface area contributed by atoms with Gasteiger partial charge in [0, 0.05) is 24.6 Å². The summed E-state index contributed by atoms with van der Waals surface area (Å²) in [4.78, 5) is 14.6. The number of hydrogen-bond acceptors (Lipinski definition) is 6. The summed E-state index contributed by atoms with van der Waals surface area (Å²) in [5.41, 5.74) is -1.31. The van der Waals surface area contributed by atoms with E-state index in [0.29, 0.717) is 6.07 Å². The molecule has 0 unspecified atom stereocenters. The molecule has 2 fully saturated rings. The van der Waals surface area contributed by atoms with E-state index in [4.69, 9.17) is 21.7 Å². The average Bonchev–Trinajstić information content (AvgIpc) is 3.10. The minimum Gasteiger partial charge on any atom is -0.493 e. The maximum atomic E-state index is 13.9. The number of rotatable bonds is 7. The second kappa shape index (κ2) is 9.96. The zero-order valence-electron chi connectivity index (χ0n) is 20.4. The Hall–Kier alpha value is -2.96. The minimum atomic E-state index is -4.79. The van der Waals surface area contributed by atoms with Gasteiger partial charge in [0.25, 0.3) is 5.91 Å². The first-order chi connectivity index (χ1) is 17.3. The second-order valence-corrected chi connectivity index (χ2v) is 7.85. The fraction of sp³-hybridized carbons (Fsp3) is 0.435. The highest BCUT2D eigenvalue weighted by atomic mass is 19.4. The predicted octanol–water partition coefficient (Wildman–Crippen LogP) is 4.00. The number of halogens is 5. The summed E-state index contributed by atoms with van der Waals surface area (Å²) in [6.07, 6.45) is -5.87. The molecule has 4 rings (SSSR count). The van der Waals surface area contributed by atoms with Gasteiger partial charge >= 0.3 is 6.36 Å². The molecule has 0 bridgehead atoms. The van der Waals surface area contributed by atoms with Crippen LogP contribution in [0.15, 0.2) is 36.4 Å². The van der Waals surface area contributed by atoms with E-state index in [0.717, 1.165) is 12.1 Å². The van der Waals surface area contributed by atoms with E-state index in [2.05, 4.69) is 4.74 Å². The van der Waals surface area contributed by atoms with Gasteiger partial charge in [-0.3, -0.25) is 9.53 Å². The number of likely N-dealkylation sites (tertiary alicyclic amines) is 1. The second-order valence-electron chi connectivity index (χ2n) is 7.85. The van der Waals surface area contributed by atoms with E-state index >= 15 is 0 Å². The third-order valence-corrected chi connectivity index (χ3v) is 5.73. The predicted molar refractivity (Wildman–Crippen MR) is 110 cm³/mol. The number of methoxy groups -OCH3 is 1. The molecule has 0 aromatic heterocycles. The summed E-state index contributed by atoms with van der Waals surface area (Å²) < 4.78 is 105. The molecular weight excluding hydrogens is 481 g/mol. The average molecular weight is 505 g/mol. The van der Waals surface area contributed by atoms with Crippen molar-refractivity contribution >= 4 is 5.91 Å². The number of benzene rings is 2. The Kier molecular flexibility index (Phi) is 6.40. The van der Waals surface area contributed by atoms with Crippen LogP contribution in [0.4, 0.5) is 22.0 Å². The monoisotopic (exact) mass is 505 g/mol. The van der Waals surface area contributed by atoms with Crippen molar-refractivity contribution in [2.24, 2.45) is 0 Å². The van der Waals surface area contributed by atoms with Crippen LogP contribution in [0.3, 0.4) is 0 Å². The summed E-state index contributed by atoms with van der Waals surface area (Å²) in [5.74, 6) is -2.03. The number of amides is 1. The molecule has 7 nitrogen and oxygen atoms in total. The lowest BCUT2D eigenvalue weighted by molar-refractivity contribution is -0.325. The van der Waals surface area contributed by atoms with Crippen molar-refractivity contribution < 1.29 is 53.2 Å². The molecule has 2 aliphatic heterocycles. The standard InChI is InChI=1S/C23H22F5NO6/c1-31-19-8-14(2-3-18(19)32-6-7-34-23(26,27)28)21(30)29-5-4-22(20(12-29)33-13-35-22)15-9-16(24)11-17(25)10-15/h2-3,8-11,20H,4-7,12-13H2,1H3/t20-,22-/m1/s1/i13D2. The van der Waals surface area contributed by atoms with Crippen LogP contribution in [-0.4, -0.2) is 63.4 Å². The number of nitrogens with zero attached hydrogens (tertiary/aromatic N) is 1. The van der Waals surface area contributed by atoms with E-state index in [1.165, 1.54) is 30.2 Å². The molecule has 12 heteroatoms. The van der Waals surface area contributed by atoms with Crippen LogP contribution in [0.1, 0.15) is 25.1 Å². The fourth-order valence-corrected chi connectivity index (χ4v) is 4.09. The molecule has 0 N–H and O–H groups in total. The van der Waals surface area contributed by atoms with Crippen molar-refractivity contribution in [2.75, 3.05) is 40.2 Å². The van der Waals surface area contributed by atoms with Gasteiger partial charge in [-0.2, -0.15) is 0 Å². The lowest BCUT2D eigenvalue weighted by Crippen LogP contribution is -2.53. The van der Waals surface area contributed by atoms with Crippen LogP contribution in [0.25, 0.3) is 0 Å². The highest BCUT2D eigenvalue weighted by Gasteiger charge is 2.51. The van der Waals surface area contributed by atoms with E-state index in [9.17, 15) is 26.7 Å². The largest absolute Gasteiger partial charge is 0.522 e. The van der Waals surface area contributed by atoms with Gasteiger partial charge < -0.3 is 23.8 Å². The Bertz CT molecular complexity index is 1150. The molecule has 35 heavy (non-hydrogen) atoms. The van der Waals surface area contributed by atoms with Crippen molar-refractivity contribution in [1.29, 1.82) is 0 Å². The smallest absolute Gasteiger partial charge is 0.493 e.